The largest absolute Gasteiger partial charge is 0.264 e. The van der Waals surface area contributed by atoms with Gasteiger partial charge >= 0.3 is 0 Å². The Morgan fingerprint density at radius 2 is 0.926 bits per heavy atom. The minimum absolute atomic E-state index is 0. The molecule has 0 atom stereocenters. The second-order valence-corrected chi connectivity index (χ2v) is 15.7. The van der Waals surface area contributed by atoms with Crippen LogP contribution in [0.3, 0.4) is 0 Å². The predicted octanol–water partition coefficient (Wildman–Crippen LogP) is 15.8. The molecule has 54 heavy (non-hydrogen) atoms. The van der Waals surface area contributed by atoms with E-state index >= 15 is 0 Å². The van der Waals surface area contributed by atoms with Crippen molar-refractivity contribution in [2.45, 2.75) is 133 Å². The summed E-state index contributed by atoms with van der Waals surface area (Å²) in [6.45, 7) is 26.0. The molecule has 0 aliphatic heterocycles. The summed E-state index contributed by atoms with van der Waals surface area (Å²) in [6.07, 6.45) is 7.38. The number of hydrogen-bond donors (Lipinski definition) is 0. The van der Waals surface area contributed by atoms with E-state index in [2.05, 4.69) is 163 Å². The Bertz CT molecular complexity index is 1390. The van der Waals surface area contributed by atoms with Gasteiger partial charge in [-0.3, -0.25) is 9.97 Å². The lowest BCUT2D eigenvalue weighted by atomic mass is 10.0. The Labute approximate surface area is 339 Å². The quantitative estimate of drug-likeness (QED) is 0.169. The first kappa shape index (κ1) is 52.1. The summed E-state index contributed by atoms with van der Waals surface area (Å²) in [5.74, 6) is 3.64. The highest BCUT2D eigenvalue weighted by Gasteiger charge is 1.99. The molecule has 0 aliphatic rings. The molecule has 0 N–H and O–H groups in total. The fourth-order valence-corrected chi connectivity index (χ4v) is 5.51. The van der Waals surface area contributed by atoms with E-state index in [9.17, 15) is 0 Å². The number of pyridine rings is 2. The van der Waals surface area contributed by atoms with E-state index in [-0.39, 0.29) is 14.9 Å². The maximum Gasteiger partial charge on any atom is 0.0950 e. The molecule has 6 rings (SSSR count). The summed E-state index contributed by atoms with van der Waals surface area (Å²) in [5, 5.41) is 5.32. The van der Waals surface area contributed by atoms with Crippen molar-refractivity contribution in [3.05, 3.63) is 165 Å². The first-order valence-electron chi connectivity index (χ1n) is 18.5. The lowest BCUT2D eigenvalue weighted by Crippen LogP contribution is -1.88. The second kappa shape index (κ2) is 31.4. The maximum atomic E-state index is 4.18. The van der Waals surface area contributed by atoms with E-state index < -0.39 is 0 Å². The Hall–Kier alpha value is -4.00. The van der Waals surface area contributed by atoms with Crippen LogP contribution in [0.5, 0.6) is 0 Å². The van der Waals surface area contributed by atoms with Gasteiger partial charge < -0.3 is 0 Å². The van der Waals surface area contributed by atoms with E-state index in [0.717, 1.165) is 5.69 Å². The molecular formula is C48H72N4S2. The lowest BCUT2D eigenvalue weighted by Gasteiger charge is -2.01. The molecule has 0 fully saturated rings. The van der Waals surface area contributed by atoms with E-state index in [1.54, 1.807) is 28.9 Å². The number of nitrogens with zero attached hydrogens (tertiary/aromatic N) is 4. The number of hydrogen-bond acceptors (Lipinski definition) is 6. The first-order chi connectivity index (χ1) is 24.8. The van der Waals surface area contributed by atoms with Crippen molar-refractivity contribution in [3.63, 3.8) is 0 Å². The molecular weight excluding hydrogens is 697 g/mol. The van der Waals surface area contributed by atoms with Crippen molar-refractivity contribution < 1.29 is 0 Å². The Kier molecular flexibility index (Phi) is 30.3. The average molecular weight is 769 g/mol. The molecule has 0 spiro atoms. The average Bonchev–Trinajstić information content (AvgIpc) is 3.91. The van der Waals surface area contributed by atoms with E-state index in [0.29, 0.717) is 35.5 Å². The van der Waals surface area contributed by atoms with Gasteiger partial charge in [-0.05, 0) is 64.5 Å². The molecule has 0 radical (unpaired) electrons. The van der Waals surface area contributed by atoms with Crippen molar-refractivity contribution in [1.82, 2.24) is 19.9 Å². The fraction of sp³-hybridized carbons (Fsp3) is 0.417. The standard InChI is InChI=1S/2C9H12.2C8H11N.2C6H9NS.2CH4/c2*1-8(2)9-6-4-3-5-7-9;1-7(2)8-4-3-5-9-6-8;1-7(2)8-5-3-4-6-9-8;1-5(2)6-3-8-4-7-6;1-5(2)6-7-3-4-8-6;;/h2*3-8H,1-2H3;2*3-7H,1-2H3;2*3-5H,1-2H3;2*1H4. The number of benzene rings is 2. The van der Waals surface area contributed by atoms with Crippen LogP contribution in [0, 0.1) is 0 Å². The molecule has 4 nitrogen and oxygen atoms in total. The van der Waals surface area contributed by atoms with Crippen LogP contribution in [-0.4, -0.2) is 19.9 Å². The predicted molar refractivity (Wildman–Crippen MR) is 244 cm³/mol. The molecule has 0 unspecified atom stereocenters. The van der Waals surface area contributed by atoms with Crippen LogP contribution in [0.4, 0.5) is 0 Å². The highest BCUT2D eigenvalue weighted by atomic mass is 32.1. The van der Waals surface area contributed by atoms with Gasteiger partial charge in [0.25, 0.3) is 0 Å². The van der Waals surface area contributed by atoms with Crippen molar-refractivity contribution in [2.24, 2.45) is 0 Å². The summed E-state index contributed by atoms with van der Waals surface area (Å²) in [5.41, 5.74) is 8.37. The minimum atomic E-state index is 0. The molecule has 0 amide bonds. The fourth-order valence-electron chi connectivity index (χ4n) is 4.14. The molecule has 296 valence electrons. The van der Waals surface area contributed by atoms with Gasteiger partial charge in [-0.2, -0.15) is 0 Å². The van der Waals surface area contributed by atoms with Crippen molar-refractivity contribution in [3.8, 4) is 0 Å². The van der Waals surface area contributed by atoms with Crippen molar-refractivity contribution >= 4 is 22.7 Å². The third-order valence-corrected chi connectivity index (χ3v) is 9.23. The lowest BCUT2D eigenvalue weighted by molar-refractivity contribution is 0.823. The number of thiazole rings is 2. The van der Waals surface area contributed by atoms with Gasteiger partial charge in [0.2, 0.25) is 0 Å². The SMILES string of the molecule is C.C.CC(C)c1ccccc1.CC(C)c1ccccc1.CC(C)c1ccccn1.CC(C)c1cccnc1.CC(C)c1cscn1.CC(C)c1nccs1. The Morgan fingerprint density at radius 3 is 1.17 bits per heavy atom. The minimum Gasteiger partial charge on any atom is -0.264 e. The molecule has 0 saturated heterocycles. The summed E-state index contributed by atoms with van der Waals surface area (Å²) >= 11 is 3.38. The molecule has 4 aromatic heterocycles. The van der Waals surface area contributed by atoms with Gasteiger partial charge in [-0.1, -0.05) is 171 Å². The molecule has 4 heterocycles. The molecule has 0 bridgehead atoms. The normalized spacial score (nSPS) is 9.81. The number of rotatable bonds is 6. The van der Waals surface area contributed by atoms with Crippen LogP contribution in [0.15, 0.2) is 132 Å². The Morgan fingerprint density at radius 1 is 0.426 bits per heavy atom. The van der Waals surface area contributed by atoms with Crippen LogP contribution in [0.25, 0.3) is 0 Å². The first-order valence-corrected chi connectivity index (χ1v) is 20.3. The van der Waals surface area contributed by atoms with E-state index in [4.69, 9.17) is 0 Å². The van der Waals surface area contributed by atoms with Crippen molar-refractivity contribution in [2.75, 3.05) is 0 Å². The molecule has 6 heteroatoms. The van der Waals surface area contributed by atoms with Gasteiger partial charge in [0.05, 0.1) is 16.2 Å². The zero-order chi connectivity index (χ0) is 38.7. The summed E-state index contributed by atoms with van der Waals surface area (Å²) in [4.78, 5) is 16.5. The zero-order valence-corrected chi connectivity index (χ0v) is 35.4. The van der Waals surface area contributed by atoms with Gasteiger partial charge in [0, 0.05) is 47.2 Å². The van der Waals surface area contributed by atoms with Gasteiger partial charge in [-0.25, -0.2) is 9.97 Å². The molecule has 0 aliphatic carbocycles. The van der Waals surface area contributed by atoms with Gasteiger partial charge in [-0.15, -0.1) is 22.7 Å². The second-order valence-electron chi connectivity index (χ2n) is 14.1. The van der Waals surface area contributed by atoms with Gasteiger partial charge in [0.15, 0.2) is 0 Å². The Balaban J connectivity index is 0. The van der Waals surface area contributed by atoms with E-state index in [1.807, 2.05) is 65.9 Å². The van der Waals surface area contributed by atoms with E-state index in [1.165, 1.54) is 27.4 Å². The smallest absolute Gasteiger partial charge is 0.0950 e. The molecule has 6 aromatic rings. The van der Waals surface area contributed by atoms with Crippen LogP contribution in [0.2, 0.25) is 0 Å². The van der Waals surface area contributed by atoms with Crippen LogP contribution in [-0.2, 0) is 0 Å². The van der Waals surface area contributed by atoms with Gasteiger partial charge in [0.1, 0.15) is 0 Å². The molecule has 0 saturated carbocycles. The van der Waals surface area contributed by atoms with Crippen LogP contribution in [0.1, 0.15) is 167 Å². The summed E-state index contributed by atoms with van der Waals surface area (Å²) in [7, 11) is 0. The highest BCUT2D eigenvalue weighted by Crippen LogP contribution is 2.16. The molecule has 2 aromatic carbocycles. The monoisotopic (exact) mass is 769 g/mol. The summed E-state index contributed by atoms with van der Waals surface area (Å²) in [6, 6.07) is 31.1. The van der Waals surface area contributed by atoms with Crippen LogP contribution >= 0.6 is 22.7 Å². The summed E-state index contributed by atoms with van der Waals surface area (Å²) < 4.78 is 0. The third-order valence-electron chi connectivity index (χ3n) is 7.55. The zero-order valence-electron chi connectivity index (χ0n) is 33.8. The van der Waals surface area contributed by atoms with Crippen LogP contribution < -0.4 is 0 Å². The topological polar surface area (TPSA) is 51.6 Å². The number of aromatic nitrogens is 4. The third kappa shape index (κ3) is 24.3. The van der Waals surface area contributed by atoms with Crippen molar-refractivity contribution in [1.29, 1.82) is 0 Å². The highest BCUT2D eigenvalue weighted by molar-refractivity contribution is 7.09. The maximum absolute atomic E-state index is 4.18.